The Morgan fingerprint density at radius 3 is 2.41 bits per heavy atom. The topological polar surface area (TPSA) is 29.1 Å². The normalized spacial score (nSPS) is 11.4. The predicted molar refractivity (Wildman–Crippen MR) is 80.3 cm³/mol. The van der Waals surface area contributed by atoms with Gasteiger partial charge in [0.25, 0.3) is 5.91 Å². The van der Waals surface area contributed by atoms with Crippen molar-refractivity contribution in [1.82, 2.24) is 0 Å². The molecule has 0 saturated heterocycles. The van der Waals surface area contributed by atoms with Crippen LogP contribution in [0, 0.1) is 13.8 Å². The number of carbonyl (C=O) groups excluding carboxylic acids is 1. The van der Waals surface area contributed by atoms with Gasteiger partial charge in [-0.1, -0.05) is 17.7 Å². The molecule has 0 fully saturated rings. The number of halogens is 4. The van der Waals surface area contributed by atoms with Crippen LogP contribution in [-0.4, -0.2) is 5.91 Å². The van der Waals surface area contributed by atoms with Crippen molar-refractivity contribution in [1.29, 1.82) is 0 Å². The number of nitrogens with one attached hydrogen (secondary N) is 1. The van der Waals surface area contributed by atoms with Crippen molar-refractivity contribution in [3.63, 3.8) is 0 Å². The number of aryl methyl sites for hydroxylation is 1. The first kappa shape index (κ1) is 16.4. The second kappa shape index (κ2) is 6.01. The third-order valence-corrected chi connectivity index (χ3v) is 3.73. The quantitative estimate of drug-likeness (QED) is 0.804. The number of alkyl halides is 3. The summed E-state index contributed by atoms with van der Waals surface area (Å²) in [6, 6.07) is 8.36. The second-order valence-corrected chi connectivity index (χ2v) is 5.30. The maximum Gasteiger partial charge on any atom is 0.416 e. The fraction of sp³-hybridized carbons (Fsp3) is 0.188. The molecule has 0 radical (unpaired) electrons. The summed E-state index contributed by atoms with van der Waals surface area (Å²) in [4.78, 5) is 12.2. The van der Waals surface area contributed by atoms with Crippen LogP contribution in [0.3, 0.4) is 0 Å². The molecular weight excluding hydrogens is 315 g/mol. The molecule has 0 aromatic heterocycles. The lowest BCUT2D eigenvalue weighted by atomic mass is 10.1. The van der Waals surface area contributed by atoms with E-state index < -0.39 is 17.6 Å². The maximum atomic E-state index is 12.9. The first-order valence-electron chi connectivity index (χ1n) is 6.44. The van der Waals surface area contributed by atoms with E-state index in [1.165, 1.54) is 25.1 Å². The number of rotatable bonds is 2. The fourth-order valence-electron chi connectivity index (χ4n) is 2.06. The van der Waals surface area contributed by atoms with Gasteiger partial charge < -0.3 is 5.32 Å². The van der Waals surface area contributed by atoms with E-state index in [2.05, 4.69) is 5.32 Å². The highest BCUT2D eigenvalue weighted by atomic mass is 35.5. The molecule has 2 nitrogen and oxygen atoms in total. The minimum atomic E-state index is -4.46. The molecular formula is C16H13ClF3NO. The summed E-state index contributed by atoms with van der Waals surface area (Å²) in [7, 11) is 0. The number of hydrogen-bond donors (Lipinski definition) is 1. The summed E-state index contributed by atoms with van der Waals surface area (Å²) in [5.74, 6) is -0.484. The van der Waals surface area contributed by atoms with Gasteiger partial charge in [-0.3, -0.25) is 4.79 Å². The lowest BCUT2D eigenvalue weighted by molar-refractivity contribution is -0.138. The van der Waals surface area contributed by atoms with Crippen LogP contribution in [0.15, 0.2) is 36.4 Å². The molecule has 0 bridgehead atoms. The molecule has 2 aromatic rings. The molecule has 2 rings (SSSR count). The van der Waals surface area contributed by atoms with Crippen LogP contribution < -0.4 is 5.32 Å². The largest absolute Gasteiger partial charge is 0.416 e. The summed E-state index contributed by atoms with van der Waals surface area (Å²) >= 11 is 5.89. The van der Waals surface area contributed by atoms with Gasteiger partial charge in [0.1, 0.15) is 0 Å². The van der Waals surface area contributed by atoms with Crippen molar-refractivity contribution in [2.24, 2.45) is 0 Å². The van der Waals surface area contributed by atoms with Crippen LogP contribution in [0.1, 0.15) is 27.0 Å². The molecule has 22 heavy (non-hydrogen) atoms. The van der Waals surface area contributed by atoms with Gasteiger partial charge in [0.05, 0.1) is 5.56 Å². The van der Waals surface area contributed by atoms with Crippen LogP contribution in [0.5, 0.6) is 0 Å². The van der Waals surface area contributed by atoms with E-state index in [1.807, 2.05) is 0 Å². The number of amides is 1. The van der Waals surface area contributed by atoms with Gasteiger partial charge in [0.15, 0.2) is 0 Å². The smallest absolute Gasteiger partial charge is 0.322 e. The van der Waals surface area contributed by atoms with Crippen LogP contribution in [0.4, 0.5) is 18.9 Å². The van der Waals surface area contributed by atoms with Crippen molar-refractivity contribution >= 4 is 23.2 Å². The van der Waals surface area contributed by atoms with Gasteiger partial charge in [0, 0.05) is 16.3 Å². The average molecular weight is 328 g/mol. The van der Waals surface area contributed by atoms with Crippen molar-refractivity contribution in [2.75, 3.05) is 5.32 Å². The Labute approximate surface area is 130 Å². The second-order valence-electron chi connectivity index (χ2n) is 4.89. The summed E-state index contributed by atoms with van der Waals surface area (Å²) in [5.41, 5.74) is 0.396. The van der Waals surface area contributed by atoms with Gasteiger partial charge in [-0.05, 0) is 55.3 Å². The number of anilines is 1. The van der Waals surface area contributed by atoms with Gasteiger partial charge in [-0.2, -0.15) is 13.2 Å². The van der Waals surface area contributed by atoms with Crippen LogP contribution >= 0.6 is 11.6 Å². The lowest BCUT2D eigenvalue weighted by Crippen LogP contribution is -2.15. The molecule has 0 aliphatic carbocycles. The van der Waals surface area contributed by atoms with E-state index in [4.69, 9.17) is 11.6 Å². The standard InChI is InChI=1S/C16H13ClF3NO/c1-9-8-11(6-7-13(9)17)15(22)21-14-5-3-4-12(10(14)2)16(18,19)20/h3-8H,1-2H3,(H,21,22). The highest BCUT2D eigenvalue weighted by Gasteiger charge is 2.33. The Balaban J connectivity index is 2.31. The van der Waals surface area contributed by atoms with Crippen molar-refractivity contribution in [2.45, 2.75) is 20.0 Å². The Morgan fingerprint density at radius 2 is 1.82 bits per heavy atom. The summed E-state index contributed by atoms with van der Waals surface area (Å²) in [5, 5.41) is 3.02. The van der Waals surface area contributed by atoms with E-state index in [0.717, 1.165) is 11.6 Å². The van der Waals surface area contributed by atoms with E-state index in [9.17, 15) is 18.0 Å². The van der Waals surface area contributed by atoms with Crippen molar-refractivity contribution in [3.8, 4) is 0 Å². The molecule has 1 N–H and O–H groups in total. The summed E-state index contributed by atoms with van der Waals surface area (Å²) in [6.07, 6.45) is -4.46. The van der Waals surface area contributed by atoms with E-state index in [0.29, 0.717) is 10.6 Å². The third kappa shape index (κ3) is 3.42. The third-order valence-electron chi connectivity index (χ3n) is 3.31. The zero-order valence-corrected chi connectivity index (χ0v) is 12.6. The average Bonchev–Trinajstić information content (AvgIpc) is 2.42. The fourth-order valence-corrected chi connectivity index (χ4v) is 2.18. The zero-order valence-electron chi connectivity index (χ0n) is 11.9. The Hall–Kier alpha value is -2.01. The Kier molecular flexibility index (Phi) is 4.47. The first-order chi connectivity index (χ1) is 10.2. The van der Waals surface area contributed by atoms with Gasteiger partial charge in [-0.25, -0.2) is 0 Å². The Bertz CT molecular complexity index is 726. The summed E-state index contributed by atoms with van der Waals surface area (Å²) < 4.78 is 38.6. The monoisotopic (exact) mass is 327 g/mol. The molecule has 116 valence electrons. The Morgan fingerprint density at radius 1 is 1.14 bits per heavy atom. The number of carbonyl (C=O) groups is 1. The molecule has 0 saturated carbocycles. The zero-order chi connectivity index (χ0) is 16.5. The van der Waals surface area contributed by atoms with Gasteiger partial charge in [0.2, 0.25) is 0 Å². The predicted octanol–water partition coefficient (Wildman–Crippen LogP) is 5.23. The molecule has 0 aliphatic rings. The van der Waals surface area contributed by atoms with Crippen LogP contribution in [-0.2, 0) is 6.18 Å². The SMILES string of the molecule is Cc1cc(C(=O)Nc2cccc(C(F)(F)F)c2C)ccc1Cl. The highest BCUT2D eigenvalue weighted by molar-refractivity contribution is 6.31. The number of benzene rings is 2. The molecule has 0 aliphatic heterocycles. The van der Waals surface area contributed by atoms with Gasteiger partial charge >= 0.3 is 6.18 Å². The molecule has 6 heteroatoms. The van der Waals surface area contributed by atoms with E-state index in [1.54, 1.807) is 19.1 Å². The van der Waals surface area contributed by atoms with E-state index >= 15 is 0 Å². The molecule has 0 atom stereocenters. The molecule has 2 aromatic carbocycles. The van der Waals surface area contributed by atoms with Crippen LogP contribution in [0.2, 0.25) is 5.02 Å². The summed E-state index contributed by atoms with van der Waals surface area (Å²) in [6.45, 7) is 3.07. The molecule has 0 spiro atoms. The van der Waals surface area contributed by atoms with Crippen LogP contribution in [0.25, 0.3) is 0 Å². The molecule has 1 amide bonds. The molecule has 0 unspecified atom stereocenters. The van der Waals surface area contributed by atoms with Crippen molar-refractivity contribution < 1.29 is 18.0 Å². The van der Waals surface area contributed by atoms with Gasteiger partial charge in [-0.15, -0.1) is 0 Å². The lowest BCUT2D eigenvalue weighted by Gasteiger charge is -2.14. The minimum absolute atomic E-state index is 0.0194. The maximum absolute atomic E-state index is 12.9. The first-order valence-corrected chi connectivity index (χ1v) is 6.82. The minimum Gasteiger partial charge on any atom is -0.322 e. The van der Waals surface area contributed by atoms with Crippen molar-refractivity contribution in [3.05, 3.63) is 63.7 Å². The molecule has 0 heterocycles. The van der Waals surface area contributed by atoms with E-state index in [-0.39, 0.29) is 11.3 Å². The highest BCUT2D eigenvalue weighted by Crippen LogP contribution is 2.34. The number of hydrogen-bond acceptors (Lipinski definition) is 1.